The maximum absolute atomic E-state index is 14.7. The third-order valence-electron chi connectivity index (χ3n) is 5.69. The molecule has 1 aliphatic rings. The number of aryl methyl sites for hydroxylation is 2. The second-order valence-electron chi connectivity index (χ2n) is 7.73. The van der Waals surface area contributed by atoms with Gasteiger partial charge in [-0.3, -0.25) is 5.10 Å². The molecule has 0 bridgehead atoms. The number of hydrogen-bond donors (Lipinski definition) is 1. The second kappa shape index (κ2) is 7.73. The van der Waals surface area contributed by atoms with Crippen LogP contribution in [0.25, 0.3) is 22.4 Å². The molecule has 2 atom stereocenters. The van der Waals surface area contributed by atoms with Crippen LogP contribution in [0.5, 0.6) is 0 Å². The molecule has 3 aromatic heterocycles. The first-order chi connectivity index (χ1) is 15.0. The first kappa shape index (κ1) is 19.6. The lowest BCUT2D eigenvalue weighted by Crippen LogP contribution is -2.20. The van der Waals surface area contributed by atoms with Gasteiger partial charge in [0.1, 0.15) is 28.7 Å². The predicted octanol–water partition coefficient (Wildman–Crippen LogP) is 4.34. The monoisotopic (exact) mass is 422 g/mol. The average molecular weight is 422 g/mol. The number of aromatic nitrogens is 6. The molecule has 4 heterocycles. The van der Waals surface area contributed by atoms with Crippen molar-refractivity contribution in [1.82, 2.24) is 30.1 Å². The number of ether oxygens (including phenoxy) is 1. The summed E-state index contributed by atoms with van der Waals surface area (Å²) < 4.78 is 34.1. The van der Waals surface area contributed by atoms with Gasteiger partial charge < -0.3 is 4.74 Å². The molecule has 0 aliphatic carbocycles. The first-order valence-electron chi connectivity index (χ1n) is 10.1. The molecular weight excluding hydrogens is 402 g/mol. The lowest BCUT2D eigenvalue weighted by Gasteiger charge is -2.28. The van der Waals surface area contributed by atoms with Gasteiger partial charge in [-0.05, 0) is 38.8 Å². The van der Waals surface area contributed by atoms with E-state index in [1.54, 1.807) is 6.20 Å². The molecule has 0 radical (unpaired) electrons. The van der Waals surface area contributed by atoms with Gasteiger partial charge in [-0.15, -0.1) is 0 Å². The molecule has 0 unspecified atom stereocenters. The van der Waals surface area contributed by atoms with Gasteiger partial charge in [0.2, 0.25) is 0 Å². The van der Waals surface area contributed by atoms with E-state index in [0.717, 1.165) is 23.7 Å². The predicted molar refractivity (Wildman–Crippen MR) is 109 cm³/mol. The summed E-state index contributed by atoms with van der Waals surface area (Å²) in [5.41, 5.74) is 3.70. The second-order valence-corrected chi connectivity index (χ2v) is 7.73. The summed E-state index contributed by atoms with van der Waals surface area (Å²) in [6.45, 7) is 4.22. The molecule has 0 saturated carbocycles. The third-order valence-corrected chi connectivity index (χ3v) is 5.69. The van der Waals surface area contributed by atoms with Crippen molar-refractivity contribution in [1.29, 1.82) is 0 Å². The van der Waals surface area contributed by atoms with Gasteiger partial charge >= 0.3 is 0 Å². The topological polar surface area (TPSA) is 89.5 Å². The van der Waals surface area contributed by atoms with Crippen molar-refractivity contribution in [2.45, 2.75) is 38.7 Å². The molecule has 1 saturated heterocycles. The normalized spacial score (nSPS) is 19.1. The van der Waals surface area contributed by atoms with E-state index in [1.165, 1.54) is 12.1 Å². The number of aromatic amines is 1. The number of rotatable bonds is 3. The van der Waals surface area contributed by atoms with Crippen LogP contribution in [-0.2, 0) is 4.74 Å². The Hall–Kier alpha value is -3.33. The van der Waals surface area contributed by atoms with Gasteiger partial charge in [0.15, 0.2) is 5.65 Å². The van der Waals surface area contributed by atoms with E-state index in [-0.39, 0.29) is 17.6 Å². The van der Waals surface area contributed by atoms with Gasteiger partial charge in [-0.1, -0.05) is 0 Å². The molecule has 5 rings (SSSR count). The quantitative estimate of drug-likeness (QED) is 0.528. The first-order valence-corrected chi connectivity index (χ1v) is 10.1. The molecule has 0 spiro atoms. The lowest BCUT2D eigenvalue weighted by atomic mass is 9.92. The van der Waals surface area contributed by atoms with Crippen molar-refractivity contribution in [3.63, 3.8) is 0 Å². The molecule has 9 heteroatoms. The number of hydrogen-bond acceptors (Lipinski definition) is 6. The fourth-order valence-corrected chi connectivity index (χ4v) is 3.88. The summed E-state index contributed by atoms with van der Waals surface area (Å²) in [5, 5.41) is 6.80. The van der Waals surface area contributed by atoms with Crippen LogP contribution in [0.3, 0.4) is 0 Å². The standard InChI is InChI=1S/C22H20F2N6O/c1-11-12(2)28-22-20(27-11)19(16-4-3-15(23)8-17(16)24)29-21(30-22)13-5-6-31-18(7-13)14-9-25-26-10-14/h3-4,8-10,13,18H,5-7H2,1-2H3,(H,25,26)/t13-,18-/m0/s1. The SMILES string of the molecule is Cc1nc2nc([C@H]3CCO[C@H](c4cn[nH]c4)C3)nc(-c3ccc(F)cc3F)c2nc1C. The van der Waals surface area contributed by atoms with E-state index in [2.05, 4.69) is 25.1 Å². The molecule has 1 aliphatic heterocycles. The fourth-order valence-electron chi connectivity index (χ4n) is 3.88. The van der Waals surface area contributed by atoms with E-state index in [9.17, 15) is 8.78 Å². The van der Waals surface area contributed by atoms with Crippen molar-refractivity contribution >= 4 is 11.2 Å². The van der Waals surface area contributed by atoms with Crippen molar-refractivity contribution < 1.29 is 13.5 Å². The Labute approximate surface area is 176 Å². The highest BCUT2D eigenvalue weighted by Gasteiger charge is 2.29. The van der Waals surface area contributed by atoms with E-state index < -0.39 is 11.6 Å². The van der Waals surface area contributed by atoms with Crippen molar-refractivity contribution in [3.8, 4) is 11.3 Å². The smallest absolute Gasteiger partial charge is 0.182 e. The zero-order chi connectivity index (χ0) is 21.5. The Kier molecular flexibility index (Phi) is 4.90. The number of halogens is 2. The molecule has 0 amide bonds. The van der Waals surface area contributed by atoms with Crippen LogP contribution in [-0.4, -0.2) is 36.7 Å². The molecule has 1 fully saturated rings. The van der Waals surface area contributed by atoms with E-state index in [1.807, 2.05) is 20.0 Å². The summed E-state index contributed by atoms with van der Waals surface area (Å²) in [7, 11) is 0. The van der Waals surface area contributed by atoms with E-state index in [0.29, 0.717) is 41.4 Å². The number of nitrogens with one attached hydrogen (secondary N) is 1. The largest absolute Gasteiger partial charge is 0.373 e. The Morgan fingerprint density at radius 3 is 2.68 bits per heavy atom. The minimum atomic E-state index is -0.700. The van der Waals surface area contributed by atoms with Crippen LogP contribution in [0.1, 0.15) is 47.6 Å². The van der Waals surface area contributed by atoms with Gasteiger partial charge in [0.25, 0.3) is 0 Å². The summed E-state index contributed by atoms with van der Waals surface area (Å²) in [6.07, 6.45) is 4.81. The van der Waals surface area contributed by atoms with Crippen LogP contribution < -0.4 is 0 Å². The maximum atomic E-state index is 14.7. The van der Waals surface area contributed by atoms with Crippen molar-refractivity contribution in [2.75, 3.05) is 6.61 Å². The van der Waals surface area contributed by atoms with Crippen molar-refractivity contribution in [3.05, 3.63) is 65.0 Å². The minimum absolute atomic E-state index is 0.0104. The minimum Gasteiger partial charge on any atom is -0.373 e. The Balaban J connectivity index is 1.64. The highest BCUT2D eigenvalue weighted by Crippen LogP contribution is 2.37. The Morgan fingerprint density at radius 1 is 1.06 bits per heavy atom. The molecule has 1 aromatic carbocycles. The molecule has 31 heavy (non-hydrogen) atoms. The summed E-state index contributed by atoms with van der Waals surface area (Å²) in [5.74, 6) is -0.802. The molecule has 158 valence electrons. The number of fused-ring (bicyclic) bond motifs is 1. The highest BCUT2D eigenvalue weighted by molar-refractivity contribution is 5.87. The van der Waals surface area contributed by atoms with Crippen molar-refractivity contribution in [2.24, 2.45) is 0 Å². The Bertz CT molecular complexity index is 1260. The summed E-state index contributed by atoms with van der Waals surface area (Å²) in [4.78, 5) is 18.6. The number of H-pyrrole nitrogens is 1. The summed E-state index contributed by atoms with van der Waals surface area (Å²) >= 11 is 0. The molecule has 1 N–H and O–H groups in total. The van der Waals surface area contributed by atoms with Crippen LogP contribution in [0.15, 0.2) is 30.6 Å². The lowest BCUT2D eigenvalue weighted by molar-refractivity contribution is 0.00403. The van der Waals surface area contributed by atoms with Crippen LogP contribution >= 0.6 is 0 Å². The Morgan fingerprint density at radius 2 is 1.90 bits per heavy atom. The van der Waals surface area contributed by atoms with Gasteiger partial charge in [-0.25, -0.2) is 28.7 Å². The summed E-state index contributed by atoms with van der Waals surface area (Å²) in [6, 6.07) is 3.44. The van der Waals surface area contributed by atoms with Crippen LogP contribution in [0.4, 0.5) is 8.78 Å². The third kappa shape index (κ3) is 3.65. The van der Waals surface area contributed by atoms with Gasteiger partial charge in [0, 0.05) is 35.9 Å². The zero-order valence-electron chi connectivity index (χ0n) is 17.1. The number of nitrogens with zero attached hydrogens (tertiary/aromatic N) is 5. The zero-order valence-corrected chi connectivity index (χ0v) is 17.1. The highest BCUT2D eigenvalue weighted by atomic mass is 19.1. The molecular formula is C22H20F2N6O. The van der Waals surface area contributed by atoms with Crippen LogP contribution in [0, 0.1) is 25.5 Å². The molecule has 7 nitrogen and oxygen atoms in total. The van der Waals surface area contributed by atoms with E-state index in [4.69, 9.17) is 9.72 Å². The fraction of sp³-hybridized carbons (Fsp3) is 0.318. The van der Waals surface area contributed by atoms with E-state index >= 15 is 0 Å². The average Bonchev–Trinajstić information content (AvgIpc) is 3.29. The van der Waals surface area contributed by atoms with Crippen LogP contribution in [0.2, 0.25) is 0 Å². The molecule has 4 aromatic rings. The number of benzene rings is 1. The van der Waals surface area contributed by atoms with Gasteiger partial charge in [0.05, 0.1) is 23.7 Å². The van der Waals surface area contributed by atoms with Gasteiger partial charge in [-0.2, -0.15) is 5.10 Å². The maximum Gasteiger partial charge on any atom is 0.182 e.